The zero-order valence-corrected chi connectivity index (χ0v) is 16.5. The molecule has 0 radical (unpaired) electrons. The number of thioether (sulfide) groups is 1. The Labute approximate surface area is 171 Å². The van der Waals surface area contributed by atoms with Gasteiger partial charge in [0.25, 0.3) is 0 Å². The monoisotopic (exact) mass is 406 g/mol. The minimum atomic E-state index is 0.233. The molecule has 0 unspecified atom stereocenters. The van der Waals surface area contributed by atoms with Crippen molar-refractivity contribution in [2.45, 2.75) is 10.8 Å². The Morgan fingerprint density at radius 3 is 2.72 bits per heavy atom. The van der Waals surface area contributed by atoms with Gasteiger partial charge in [0, 0.05) is 17.0 Å². The Morgan fingerprint density at radius 2 is 1.90 bits per heavy atom. The van der Waals surface area contributed by atoms with Crippen molar-refractivity contribution >= 4 is 23.1 Å². The van der Waals surface area contributed by atoms with Crippen LogP contribution in [0.15, 0.2) is 59.6 Å². The summed E-state index contributed by atoms with van der Waals surface area (Å²) in [6.07, 6.45) is 0. The lowest BCUT2D eigenvalue weighted by Crippen LogP contribution is -1.97. The van der Waals surface area contributed by atoms with Gasteiger partial charge in [-0.05, 0) is 48.0 Å². The van der Waals surface area contributed by atoms with E-state index in [1.165, 1.54) is 5.56 Å². The van der Waals surface area contributed by atoms with Gasteiger partial charge in [0.15, 0.2) is 17.1 Å². The first-order valence-corrected chi connectivity index (χ1v) is 10.0. The van der Waals surface area contributed by atoms with Gasteiger partial charge < -0.3 is 19.9 Å². The predicted molar refractivity (Wildman–Crippen MR) is 112 cm³/mol. The first-order valence-electron chi connectivity index (χ1n) is 9.02. The molecule has 0 amide bonds. The molecule has 4 aromatic rings. The Morgan fingerprint density at radius 1 is 1.07 bits per heavy atom. The number of nitrogens with two attached hydrogens (primary N) is 1. The highest BCUT2D eigenvalue weighted by molar-refractivity contribution is 7.98. The molecule has 7 nitrogen and oxygen atoms in total. The van der Waals surface area contributed by atoms with Gasteiger partial charge in [-0.2, -0.15) is 9.61 Å². The van der Waals surface area contributed by atoms with Crippen LogP contribution in [0.2, 0.25) is 0 Å². The maximum absolute atomic E-state index is 5.75. The molecular formula is C21H18N4O3S. The van der Waals surface area contributed by atoms with E-state index in [0.29, 0.717) is 23.0 Å². The van der Waals surface area contributed by atoms with E-state index in [1.54, 1.807) is 23.4 Å². The number of ether oxygens (including phenoxy) is 3. The first kappa shape index (κ1) is 17.7. The largest absolute Gasteiger partial charge is 0.479 e. The van der Waals surface area contributed by atoms with Gasteiger partial charge in [0.1, 0.15) is 10.7 Å². The minimum Gasteiger partial charge on any atom is -0.479 e. The normalized spacial score (nSPS) is 12.4. The molecule has 0 aliphatic carbocycles. The van der Waals surface area contributed by atoms with Crippen LogP contribution in [0.25, 0.3) is 16.9 Å². The molecule has 146 valence electrons. The second-order valence-electron chi connectivity index (χ2n) is 6.51. The average molecular weight is 406 g/mol. The van der Waals surface area contributed by atoms with Crippen molar-refractivity contribution in [2.24, 2.45) is 0 Å². The van der Waals surface area contributed by atoms with Crippen LogP contribution in [-0.2, 0) is 5.75 Å². The van der Waals surface area contributed by atoms with Crippen molar-refractivity contribution in [1.29, 1.82) is 0 Å². The fourth-order valence-corrected chi connectivity index (χ4v) is 3.97. The lowest BCUT2D eigenvalue weighted by atomic mass is 10.1. The minimum absolute atomic E-state index is 0.233. The van der Waals surface area contributed by atoms with Gasteiger partial charge in [0.05, 0.1) is 7.11 Å². The van der Waals surface area contributed by atoms with Crippen LogP contribution in [0.4, 0.5) is 5.69 Å². The highest BCUT2D eigenvalue weighted by Gasteiger charge is 2.20. The highest BCUT2D eigenvalue weighted by Crippen LogP contribution is 2.38. The van der Waals surface area contributed by atoms with Crippen molar-refractivity contribution in [3.63, 3.8) is 0 Å². The van der Waals surface area contributed by atoms with E-state index in [9.17, 15) is 0 Å². The molecule has 8 heteroatoms. The summed E-state index contributed by atoms with van der Waals surface area (Å²) in [7, 11) is 1.62. The van der Waals surface area contributed by atoms with E-state index in [0.717, 1.165) is 27.8 Å². The summed E-state index contributed by atoms with van der Waals surface area (Å²) >= 11 is 1.64. The van der Waals surface area contributed by atoms with Gasteiger partial charge in [-0.3, -0.25) is 0 Å². The van der Waals surface area contributed by atoms with Crippen molar-refractivity contribution in [3.05, 3.63) is 60.2 Å². The zero-order valence-electron chi connectivity index (χ0n) is 15.7. The number of hydrogen-bond donors (Lipinski definition) is 1. The summed E-state index contributed by atoms with van der Waals surface area (Å²) in [4.78, 5) is 4.70. The number of anilines is 1. The number of nitrogen functional groups attached to an aromatic ring is 1. The van der Waals surface area contributed by atoms with Crippen molar-refractivity contribution in [3.8, 4) is 28.6 Å². The fourth-order valence-electron chi connectivity index (χ4n) is 3.16. The van der Waals surface area contributed by atoms with Crippen LogP contribution in [0, 0.1) is 0 Å². The number of fused-ring (bicyclic) bond motifs is 2. The number of hydrogen-bond acceptors (Lipinski definition) is 7. The Hall–Kier alpha value is -3.39. The van der Waals surface area contributed by atoms with Gasteiger partial charge in [-0.15, -0.1) is 0 Å². The van der Waals surface area contributed by atoms with E-state index < -0.39 is 0 Å². The molecule has 0 atom stereocenters. The molecule has 0 bridgehead atoms. The van der Waals surface area contributed by atoms with E-state index in [1.807, 2.05) is 54.6 Å². The smallest absolute Gasteiger partial charge is 0.243 e. The molecule has 29 heavy (non-hydrogen) atoms. The third kappa shape index (κ3) is 3.31. The molecular weight excluding hydrogens is 388 g/mol. The van der Waals surface area contributed by atoms with Gasteiger partial charge >= 0.3 is 0 Å². The standard InChI is InChI=1S/C21H18N4O3S/c1-26-21-20(14-4-7-16-17(10-14)28-12-27-16)23-18-8-9-19(24-25(18)21)29-11-13-2-5-15(22)6-3-13/h2-10H,11-12,22H2,1H3. The van der Waals surface area contributed by atoms with E-state index in [2.05, 4.69) is 0 Å². The fraction of sp³-hybridized carbons (Fsp3) is 0.143. The molecule has 0 fully saturated rings. The Kier molecular flexibility index (Phi) is 4.40. The molecule has 2 N–H and O–H groups in total. The third-order valence-corrected chi connectivity index (χ3v) is 5.61. The van der Waals surface area contributed by atoms with E-state index in [4.69, 9.17) is 30.0 Å². The molecule has 3 heterocycles. The van der Waals surface area contributed by atoms with Crippen LogP contribution < -0.4 is 19.9 Å². The number of rotatable bonds is 5. The molecule has 1 aliphatic rings. The zero-order chi connectivity index (χ0) is 19.8. The van der Waals surface area contributed by atoms with Crippen LogP contribution in [0.3, 0.4) is 0 Å². The van der Waals surface area contributed by atoms with E-state index in [-0.39, 0.29) is 6.79 Å². The van der Waals surface area contributed by atoms with Crippen molar-refractivity contribution < 1.29 is 14.2 Å². The molecule has 0 saturated carbocycles. The number of methoxy groups -OCH3 is 1. The quantitative estimate of drug-likeness (QED) is 0.396. The van der Waals surface area contributed by atoms with Gasteiger partial charge in [0.2, 0.25) is 12.7 Å². The van der Waals surface area contributed by atoms with E-state index >= 15 is 0 Å². The highest BCUT2D eigenvalue weighted by atomic mass is 32.2. The summed E-state index contributed by atoms with van der Waals surface area (Å²) in [6.45, 7) is 0.233. The van der Waals surface area contributed by atoms with Crippen LogP contribution in [-0.4, -0.2) is 28.5 Å². The summed E-state index contributed by atoms with van der Waals surface area (Å²) in [5.74, 6) is 2.81. The van der Waals surface area contributed by atoms with Crippen LogP contribution in [0.5, 0.6) is 17.4 Å². The SMILES string of the molecule is COc1c(-c2ccc3c(c2)OCO3)nc2ccc(SCc3ccc(N)cc3)nn12. The maximum Gasteiger partial charge on any atom is 0.243 e. The lowest BCUT2D eigenvalue weighted by Gasteiger charge is -2.05. The first-order chi connectivity index (χ1) is 14.2. The molecule has 0 saturated heterocycles. The number of imidazole rings is 1. The molecule has 5 rings (SSSR count). The summed E-state index contributed by atoms with van der Waals surface area (Å²) in [6, 6.07) is 17.5. The Bertz CT molecular complexity index is 1190. The summed E-state index contributed by atoms with van der Waals surface area (Å²) in [5, 5.41) is 5.59. The van der Waals surface area contributed by atoms with Crippen molar-refractivity contribution in [1.82, 2.24) is 14.6 Å². The second kappa shape index (κ2) is 7.21. The van der Waals surface area contributed by atoms with Gasteiger partial charge in [-0.25, -0.2) is 4.98 Å². The van der Waals surface area contributed by atoms with Crippen molar-refractivity contribution in [2.75, 3.05) is 19.6 Å². The molecule has 0 spiro atoms. The predicted octanol–water partition coefficient (Wildman–Crippen LogP) is 4.01. The van der Waals surface area contributed by atoms with Crippen LogP contribution in [0.1, 0.15) is 5.56 Å². The average Bonchev–Trinajstić information content (AvgIpc) is 3.36. The summed E-state index contributed by atoms with van der Waals surface area (Å²) in [5.41, 5.74) is 10.0. The molecule has 2 aromatic carbocycles. The summed E-state index contributed by atoms with van der Waals surface area (Å²) < 4.78 is 18.2. The maximum atomic E-state index is 5.75. The Balaban J connectivity index is 1.47. The molecule has 2 aromatic heterocycles. The number of aromatic nitrogens is 3. The van der Waals surface area contributed by atoms with Crippen LogP contribution >= 0.6 is 11.8 Å². The van der Waals surface area contributed by atoms with Gasteiger partial charge in [-0.1, -0.05) is 23.9 Å². The second-order valence-corrected chi connectivity index (χ2v) is 7.51. The number of benzene rings is 2. The lowest BCUT2D eigenvalue weighted by molar-refractivity contribution is 0.174. The number of nitrogens with zero attached hydrogens (tertiary/aromatic N) is 3. The topological polar surface area (TPSA) is 83.9 Å². The molecule has 1 aliphatic heterocycles. The third-order valence-electron chi connectivity index (χ3n) is 4.62.